The van der Waals surface area contributed by atoms with Crippen molar-refractivity contribution in [2.45, 2.75) is 6.92 Å². The average Bonchev–Trinajstić information content (AvgIpc) is 3.06. The summed E-state index contributed by atoms with van der Waals surface area (Å²) in [6.07, 6.45) is 0. The number of carbonyl (C=O) groups excluding carboxylic acids is 1. The van der Waals surface area contributed by atoms with Crippen LogP contribution in [0.25, 0.3) is 33.3 Å². The fourth-order valence-corrected chi connectivity index (χ4v) is 3.75. The second-order valence-corrected chi connectivity index (χ2v) is 6.83. The van der Waals surface area contributed by atoms with E-state index in [-0.39, 0.29) is 5.97 Å². The van der Waals surface area contributed by atoms with Gasteiger partial charge >= 0.3 is 5.97 Å². The van der Waals surface area contributed by atoms with Crippen molar-refractivity contribution in [2.24, 2.45) is 7.05 Å². The second-order valence-electron chi connectivity index (χ2n) is 6.83. The molecule has 4 heteroatoms. The first-order chi connectivity index (χ1) is 14.1. The van der Waals surface area contributed by atoms with Crippen LogP contribution in [0.3, 0.4) is 0 Å². The molecule has 0 aliphatic carbocycles. The Balaban J connectivity index is 1.89. The van der Waals surface area contributed by atoms with Crippen molar-refractivity contribution < 1.29 is 14.3 Å². The van der Waals surface area contributed by atoms with Gasteiger partial charge in [0.25, 0.3) is 0 Å². The molecule has 1 aromatic heterocycles. The van der Waals surface area contributed by atoms with Crippen LogP contribution in [-0.2, 0) is 11.8 Å². The van der Waals surface area contributed by atoms with Crippen molar-refractivity contribution in [3.63, 3.8) is 0 Å². The van der Waals surface area contributed by atoms with Crippen LogP contribution in [0.5, 0.6) is 5.75 Å². The lowest BCUT2D eigenvalue weighted by Gasteiger charge is -2.09. The molecule has 0 atom stereocenters. The number of ether oxygens (including phenoxy) is 2. The van der Waals surface area contributed by atoms with E-state index in [2.05, 4.69) is 36.4 Å². The first-order valence-electron chi connectivity index (χ1n) is 9.63. The van der Waals surface area contributed by atoms with Gasteiger partial charge in [0, 0.05) is 18.0 Å². The summed E-state index contributed by atoms with van der Waals surface area (Å²) in [6.45, 7) is 2.14. The number of benzene rings is 3. The smallest absolute Gasteiger partial charge is 0.340 e. The molecule has 1 heterocycles. The molecule has 29 heavy (non-hydrogen) atoms. The Labute approximate surface area is 170 Å². The number of fused-ring (bicyclic) bond motifs is 1. The van der Waals surface area contributed by atoms with Crippen LogP contribution in [0.4, 0.5) is 0 Å². The fraction of sp³-hybridized carbons (Fsp3) is 0.160. The fourth-order valence-electron chi connectivity index (χ4n) is 3.75. The molecule has 146 valence electrons. The van der Waals surface area contributed by atoms with Crippen molar-refractivity contribution in [3.8, 4) is 28.1 Å². The van der Waals surface area contributed by atoms with Gasteiger partial charge < -0.3 is 14.0 Å². The first kappa shape index (κ1) is 18.8. The number of hydrogen-bond acceptors (Lipinski definition) is 3. The second kappa shape index (κ2) is 7.84. The molecule has 0 aliphatic rings. The van der Waals surface area contributed by atoms with E-state index in [9.17, 15) is 4.79 Å². The zero-order valence-electron chi connectivity index (χ0n) is 16.8. The van der Waals surface area contributed by atoms with E-state index in [1.807, 2.05) is 54.9 Å². The summed E-state index contributed by atoms with van der Waals surface area (Å²) >= 11 is 0. The van der Waals surface area contributed by atoms with Crippen LogP contribution in [-0.4, -0.2) is 24.3 Å². The Kier molecular flexibility index (Phi) is 5.09. The summed E-state index contributed by atoms with van der Waals surface area (Å²) in [5, 5.41) is 0.826. The summed E-state index contributed by atoms with van der Waals surface area (Å²) in [6, 6.07) is 24.3. The number of carbonyl (C=O) groups is 1. The molecule has 0 N–H and O–H groups in total. The molecule has 0 spiro atoms. The third-order valence-corrected chi connectivity index (χ3v) is 5.15. The standard InChI is InChI=1S/C25H23NO3/c1-4-29-25(27)23-21-16-20(28-3)14-15-22(21)26(2)24(23)19-12-10-18(11-13-19)17-8-6-5-7-9-17/h5-16H,4H2,1-3H3. The van der Waals surface area contributed by atoms with Gasteiger partial charge in [0.1, 0.15) is 5.75 Å². The van der Waals surface area contributed by atoms with E-state index >= 15 is 0 Å². The van der Waals surface area contributed by atoms with Crippen LogP contribution in [0.15, 0.2) is 72.8 Å². The van der Waals surface area contributed by atoms with Gasteiger partial charge in [-0.1, -0.05) is 54.6 Å². The molecule has 0 amide bonds. The van der Waals surface area contributed by atoms with Gasteiger partial charge in [0.2, 0.25) is 0 Å². The summed E-state index contributed by atoms with van der Waals surface area (Å²) in [4.78, 5) is 12.9. The van der Waals surface area contributed by atoms with Crippen LogP contribution in [0, 0.1) is 0 Å². The van der Waals surface area contributed by atoms with Crippen molar-refractivity contribution in [3.05, 3.63) is 78.4 Å². The van der Waals surface area contributed by atoms with Crippen molar-refractivity contribution in [1.29, 1.82) is 0 Å². The quantitative estimate of drug-likeness (QED) is 0.414. The molecule has 4 aromatic rings. The summed E-state index contributed by atoms with van der Waals surface area (Å²) in [5.74, 6) is 0.383. The lowest BCUT2D eigenvalue weighted by molar-refractivity contribution is 0.0529. The predicted octanol–water partition coefficient (Wildman–Crippen LogP) is 5.70. The zero-order valence-corrected chi connectivity index (χ0v) is 16.8. The topological polar surface area (TPSA) is 40.5 Å². The van der Waals surface area contributed by atoms with Gasteiger partial charge in [0.05, 0.1) is 25.0 Å². The molecular weight excluding hydrogens is 362 g/mol. The van der Waals surface area contributed by atoms with Crippen LogP contribution < -0.4 is 4.74 Å². The van der Waals surface area contributed by atoms with Gasteiger partial charge in [-0.15, -0.1) is 0 Å². The first-order valence-corrected chi connectivity index (χ1v) is 9.63. The van der Waals surface area contributed by atoms with Crippen molar-refractivity contribution >= 4 is 16.9 Å². The summed E-state index contributed by atoms with van der Waals surface area (Å²) in [5.41, 5.74) is 5.61. The number of aryl methyl sites for hydroxylation is 1. The van der Waals surface area contributed by atoms with Gasteiger partial charge in [-0.2, -0.15) is 0 Å². The molecule has 0 bridgehead atoms. The number of methoxy groups -OCH3 is 1. The van der Waals surface area contributed by atoms with Gasteiger partial charge in [-0.3, -0.25) is 0 Å². The molecule has 4 rings (SSSR count). The molecule has 0 radical (unpaired) electrons. The number of rotatable bonds is 5. The summed E-state index contributed by atoms with van der Waals surface area (Å²) < 4.78 is 12.8. The number of nitrogens with zero attached hydrogens (tertiary/aromatic N) is 1. The van der Waals surface area contributed by atoms with Crippen LogP contribution in [0.2, 0.25) is 0 Å². The van der Waals surface area contributed by atoms with Crippen molar-refractivity contribution in [1.82, 2.24) is 4.57 Å². The Morgan fingerprint density at radius 1 is 0.897 bits per heavy atom. The highest BCUT2D eigenvalue weighted by Crippen LogP contribution is 2.36. The maximum Gasteiger partial charge on any atom is 0.340 e. The minimum Gasteiger partial charge on any atom is -0.497 e. The minimum atomic E-state index is -0.325. The lowest BCUT2D eigenvalue weighted by Crippen LogP contribution is -2.06. The molecule has 0 saturated carbocycles. The van der Waals surface area contributed by atoms with E-state index in [1.165, 1.54) is 0 Å². The molecule has 0 aliphatic heterocycles. The van der Waals surface area contributed by atoms with Crippen molar-refractivity contribution in [2.75, 3.05) is 13.7 Å². The Morgan fingerprint density at radius 2 is 1.55 bits per heavy atom. The molecule has 0 fully saturated rings. The van der Waals surface area contributed by atoms with E-state index in [0.717, 1.165) is 33.3 Å². The molecular formula is C25H23NO3. The predicted molar refractivity (Wildman–Crippen MR) is 116 cm³/mol. The monoisotopic (exact) mass is 385 g/mol. The highest BCUT2D eigenvalue weighted by molar-refractivity contribution is 6.11. The Bertz CT molecular complexity index is 1160. The number of hydrogen-bond donors (Lipinski definition) is 0. The van der Waals surface area contributed by atoms with E-state index in [1.54, 1.807) is 7.11 Å². The molecule has 3 aromatic carbocycles. The number of esters is 1. The normalized spacial score (nSPS) is 10.9. The van der Waals surface area contributed by atoms with E-state index in [0.29, 0.717) is 17.9 Å². The highest BCUT2D eigenvalue weighted by atomic mass is 16.5. The highest BCUT2D eigenvalue weighted by Gasteiger charge is 2.24. The van der Waals surface area contributed by atoms with Gasteiger partial charge in [-0.25, -0.2) is 4.79 Å². The maximum atomic E-state index is 12.9. The third-order valence-electron chi connectivity index (χ3n) is 5.15. The van der Waals surface area contributed by atoms with Gasteiger partial charge in [0.15, 0.2) is 0 Å². The Morgan fingerprint density at radius 3 is 2.21 bits per heavy atom. The largest absolute Gasteiger partial charge is 0.497 e. The van der Waals surface area contributed by atoms with Crippen LogP contribution >= 0.6 is 0 Å². The maximum absolute atomic E-state index is 12.9. The van der Waals surface area contributed by atoms with Crippen LogP contribution in [0.1, 0.15) is 17.3 Å². The lowest BCUT2D eigenvalue weighted by atomic mass is 10.0. The minimum absolute atomic E-state index is 0.325. The van der Waals surface area contributed by atoms with E-state index < -0.39 is 0 Å². The average molecular weight is 385 g/mol. The molecule has 4 nitrogen and oxygen atoms in total. The number of aromatic nitrogens is 1. The summed E-state index contributed by atoms with van der Waals surface area (Å²) in [7, 11) is 3.59. The Hall–Kier alpha value is -3.53. The third kappa shape index (κ3) is 3.38. The zero-order chi connectivity index (χ0) is 20.4. The SMILES string of the molecule is CCOC(=O)c1c(-c2ccc(-c3ccccc3)cc2)n(C)c2ccc(OC)cc12. The molecule has 0 saturated heterocycles. The van der Waals surface area contributed by atoms with Gasteiger partial charge in [-0.05, 0) is 41.8 Å². The molecule has 0 unspecified atom stereocenters. The van der Waals surface area contributed by atoms with E-state index in [4.69, 9.17) is 9.47 Å².